The van der Waals surface area contributed by atoms with Gasteiger partial charge in [0, 0.05) is 26.5 Å². The van der Waals surface area contributed by atoms with Crippen LogP contribution in [-0.4, -0.2) is 79.9 Å². The molecule has 4 heterocycles. The fourth-order valence-electron chi connectivity index (χ4n) is 4.27. The third-order valence-corrected chi connectivity index (χ3v) is 6.75. The van der Waals surface area contributed by atoms with Gasteiger partial charge < -0.3 is 20.3 Å². The smallest absolute Gasteiger partial charge is 0.318 e. The quantitative estimate of drug-likeness (QED) is 0.408. The number of halogens is 4. The standard InChI is InChI=1S/C16H16F2N8O3.C6H10F2.C4H8O/c1-9-13(24-29-23-9)14(27)19-4-11-6-26-12(22-11)2-10(3-21-26)5-25-8-16(17,18)7-20-15(25)28;7-6(8)4-2-1-3-5-6;1-5-4-2-3-4/h2-3,6H,4-5,7-8H2,1H3,(H,19,27)(H,20,28);1-5H2;4H,2-3H2,1H3. The molecule has 42 heavy (non-hydrogen) atoms. The minimum atomic E-state index is -2.98. The van der Waals surface area contributed by atoms with Gasteiger partial charge in [-0.05, 0) is 49.4 Å². The molecule has 2 saturated carbocycles. The highest BCUT2D eigenvalue weighted by atomic mass is 19.3. The summed E-state index contributed by atoms with van der Waals surface area (Å²) in [4.78, 5) is 29.2. The van der Waals surface area contributed by atoms with Crippen LogP contribution in [0.1, 0.15) is 72.4 Å². The summed E-state index contributed by atoms with van der Waals surface area (Å²) in [5.74, 6) is -5.76. The minimum Gasteiger partial charge on any atom is -0.381 e. The lowest BCUT2D eigenvalue weighted by molar-refractivity contribution is -0.0368. The molecule has 0 bridgehead atoms. The van der Waals surface area contributed by atoms with Crippen LogP contribution in [-0.2, 0) is 17.8 Å². The molecule has 3 aromatic rings. The van der Waals surface area contributed by atoms with Gasteiger partial charge in [0.2, 0.25) is 5.92 Å². The largest absolute Gasteiger partial charge is 0.381 e. The Balaban J connectivity index is 0.000000255. The number of imidazole rings is 1. The third kappa shape index (κ3) is 9.09. The van der Waals surface area contributed by atoms with E-state index in [1.54, 1.807) is 26.3 Å². The van der Waals surface area contributed by atoms with Gasteiger partial charge in [0.05, 0.1) is 43.8 Å². The number of urea groups is 1. The highest BCUT2D eigenvalue weighted by molar-refractivity contribution is 5.92. The monoisotopic (exact) mass is 598 g/mol. The van der Waals surface area contributed by atoms with E-state index < -0.39 is 36.9 Å². The molecular formula is C26H34F4N8O4. The maximum absolute atomic E-state index is 13.5. The summed E-state index contributed by atoms with van der Waals surface area (Å²) in [6.45, 7) is 0.359. The number of hydrogen-bond donors (Lipinski definition) is 2. The summed E-state index contributed by atoms with van der Waals surface area (Å²) in [6, 6.07) is 1.09. The van der Waals surface area contributed by atoms with Crippen molar-refractivity contribution in [1.29, 1.82) is 0 Å². The lowest BCUT2D eigenvalue weighted by Gasteiger charge is -2.32. The van der Waals surface area contributed by atoms with Gasteiger partial charge in [0.25, 0.3) is 11.8 Å². The second kappa shape index (κ2) is 13.4. The number of alkyl halides is 4. The van der Waals surface area contributed by atoms with Crippen LogP contribution in [0.4, 0.5) is 22.4 Å². The molecule has 0 atom stereocenters. The van der Waals surface area contributed by atoms with Gasteiger partial charge in [-0.25, -0.2) is 36.5 Å². The van der Waals surface area contributed by atoms with Crippen LogP contribution in [0, 0.1) is 6.92 Å². The first kappa shape index (κ1) is 31.1. The second-order valence-electron chi connectivity index (χ2n) is 10.5. The lowest BCUT2D eigenvalue weighted by Crippen LogP contribution is -2.56. The molecule has 3 fully saturated rings. The Morgan fingerprint density at radius 3 is 2.48 bits per heavy atom. The van der Waals surface area contributed by atoms with E-state index in [1.165, 1.54) is 23.6 Å². The van der Waals surface area contributed by atoms with Crippen LogP contribution in [0.3, 0.4) is 0 Å². The molecule has 0 radical (unpaired) electrons. The van der Waals surface area contributed by atoms with E-state index in [2.05, 4.69) is 35.7 Å². The number of fused-ring (bicyclic) bond motifs is 1. The van der Waals surface area contributed by atoms with E-state index in [0.717, 1.165) is 11.3 Å². The SMILES string of the molecule is COC1CC1.Cc1nonc1C(=O)NCc1cn2ncc(CN3CC(F)(F)CNC3=O)cc2n1.FC1(F)CCCCC1. The number of nitrogens with one attached hydrogen (secondary N) is 2. The first-order chi connectivity index (χ1) is 19.9. The fourth-order valence-corrected chi connectivity index (χ4v) is 4.27. The summed E-state index contributed by atoms with van der Waals surface area (Å²) < 4.78 is 62.3. The van der Waals surface area contributed by atoms with Crippen molar-refractivity contribution >= 4 is 17.6 Å². The Bertz CT molecular complexity index is 1350. The number of methoxy groups -OCH3 is 1. The minimum absolute atomic E-state index is 0.0255. The van der Waals surface area contributed by atoms with Crippen molar-refractivity contribution in [3.05, 3.63) is 41.1 Å². The van der Waals surface area contributed by atoms with Gasteiger partial charge in [0.15, 0.2) is 11.3 Å². The lowest BCUT2D eigenvalue weighted by atomic mass is 9.97. The van der Waals surface area contributed by atoms with Crippen molar-refractivity contribution in [3.8, 4) is 0 Å². The molecule has 0 aromatic carbocycles. The van der Waals surface area contributed by atoms with Crippen molar-refractivity contribution in [3.63, 3.8) is 0 Å². The van der Waals surface area contributed by atoms with E-state index in [1.807, 2.05) is 0 Å². The van der Waals surface area contributed by atoms with Gasteiger partial charge >= 0.3 is 6.03 Å². The van der Waals surface area contributed by atoms with Crippen molar-refractivity contribution < 1.29 is 36.5 Å². The summed E-state index contributed by atoms with van der Waals surface area (Å²) in [7, 11) is 1.76. The molecular weight excluding hydrogens is 564 g/mol. The summed E-state index contributed by atoms with van der Waals surface area (Å²) in [6.07, 6.45) is 8.97. The van der Waals surface area contributed by atoms with Crippen LogP contribution >= 0.6 is 0 Å². The number of rotatable bonds is 6. The predicted molar refractivity (Wildman–Crippen MR) is 140 cm³/mol. The highest BCUT2D eigenvalue weighted by Gasteiger charge is 2.38. The summed E-state index contributed by atoms with van der Waals surface area (Å²) in [5, 5.41) is 16.1. The number of nitrogens with zero attached hydrogens (tertiary/aromatic N) is 6. The zero-order valence-corrected chi connectivity index (χ0v) is 23.4. The molecule has 230 valence electrons. The van der Waals surface area contributed by atoms with Crippen molar-refractivity contribution in [2.45, 2.75) is 82.9 Å². The Hall–Kier alpha value is -3.82. The molecule has 3 aromatic heterocycles. The van der Waals surface area contributed by atoms with E-state index in [4.69, 9.17) is 4.74 Å². The molecule has 12 nitrogen and oxygen atoms in total. The number of carbonyl (C=O) groups excluding carboxylic acids is 2. The van der Waals surface area contributed by atoms with Crippen LogP contribution in [0.2, 0.25) is 0 Å². The molecule has 2 aliphatic carbocycles. The average Bonchev–Trinajstić information content (AvgIpc) is 3.56. The topological polar surface area (TPSA) is 140 Å². The molecule has 1 saturated heterocycles. The number of carbonyl (C=O) groups is 2. The van der Waals surface area contributed by atoms with E-state index in [9.17, 15) is 27.2 Å². The molecule has 0 unspecified atom stereocenters. The predicted octanol–water partition coefficient (Wildman–Crippen LogP) is 3.89. The highest BCUT2D eigenvalue weighted by Crippen LogP contribution is 2.32. The van der Waals surface area contributed by atoms with Gasteiger partial charge in [-0.2, -0.15) is 5.10 Å². The zero-order chi connectivity index (χ0) is 30.3. The Kier molecular flexibility index (Phi) is 9.96. The van der Waals surface area contributed by atoms with Crippen molar-refractivity contribution in [2.24, 2.45) is 0 Å². The second-order valence-corrected chi connectivity index (χ2v) is 10.5. The van der Waals surface area contributed by atoms with Crippen LogP contribution in [0.25, 0.3) is 5.65 Å². The Morgan fingerprint density at radius 1 is 1.17 bits per heavy atom. The number of amides is 3. The average molecular weight is 599 g/mol. The molecule has 16 heteroatoms. The molecule has 1 aliphatic heterocycles. The number of aromatic nitrogens is 5. The molecule has 3 aliphatic rings. The number of aryl methyl sites for hydroxylation is 1. The number of ether oxygens (including phenoxy) is 1. The molecule has 6 rings (SSSR count). The summed E-state index contributed by atoms with van der Waals surface area (Å²) >= 11 is 0. The first-order valence-electron chi connectivity index (χ1n) is 13.7. The normalized spacial score (nSPS) is 19.2. The van der Waals surface area contributed by atoms with Gasteiger partial charge in [0.1, 0.15) is 5.69 Å². The molecule has 2 N–H and O–H groups in total. The zero-order valence-electron chi connectivity index (χ0n) is 23.4. The van der Waals surface area contributed by atoms with Gasteiger partial charge in [-0.3, -0.25) is 4.79 Å². The van der Waals surface area contributed by atoms with Crippen LogP contribution in [0.15, 0.2) is 23.1 Å². The van der Waals surface area contributed by atoms with E-state index in [-0.39, 0.29) is 31.6 Å². The fraction of sp³-hybridized carbons (Fsp3) is 0.615. The Morgan fingerprint density at radius 2 is 1.90 bits per heavy atom. The number of hydrogen-bond acceptors (Lipinski definition) is 8. The van der Waals surface area contributed by atoms with Crippen molar-refractivity contribution in [2.75, 3.05) is 20.2 Å². The maximum atomic E-state index is 13.5. The van der Waals surface area contributed by atoms with Crippen molar-refractivity contribution in [1.82, 2.24) is 40.4 Å². The third-order valence-electron chi connectivity index (χ3n) is 6.75. The van der Waals surface area contributed by atoms with Gasteiger partial charge in [-0.15, -0.1) is 0 Å². The molecule has 0 spiro atoms. The first-order valence-corrected chi connectivity index (χ1v) is 13.7. The summed E-state index contributed by atoms with van der Waals surface area (Å²) in [5.41, 5.74) is 1.99. The Labute approximate surface area is 239 Å². The maximum Gasteiger partial charge on any atom is 0.318 e. The van der Waals surface area contributed by atoms with E-state index >= 15 is 0 Å². The molecule has 3 amide bonds. The van der Waals surface area contributed by atoms with Gasteiger partial charge in [-0.1, -0.05) is 11.6 Å². The van der Waals surface area contributed by atoms with E-state index in [0.29, 0.717) is 41.5 Å². The van der Waals surface area contributed by atoms with Crippen LogP contribution in [0.5, 0.6) is 0 Å². The van der Waals surface area contributed by atoms with Crippen LogP contribution < -0.4 is 10.6 Å².